The lowest BCUT2D eigenvalue weighted by Gasteiger charge is -2.14. The predicted molar refractivity (Wildman–Crippen MR) is 127 cm³/mol. The van der Waals surface area contributed by atoms with Crippen LogP contribution in [-0.2, 0) is 4.74 Å². The average molecular weight is 472 g/mol. The topological polar surface area (TPSA) is 86.6 Å². The van der Waals surface area contributed by atoms with Gasteiger partial charge in [-0.25, -0.2) is 19.3 Å². The number of aryl methyl sites for hydroxylation is 1. The molecule has 33 heavy (non-hydrogen) atoms. The summed E-state index contributed by atoms with van der Waals surface area (Å²) in [6, 6.07) is 6.88. The third-order valence-electron chi connectivity index (χ3n) is 4.84. The van der Waals surface area contributed by atoms with E-state index in [0.717, 1.165) is 15.8 Å². The van der Waals surface area contributed by atoms with E-state index in [1.54, 1.807) is 19.4 Å². The Morgan fingerprint density at radius 2 is 1.88 bits per heavy atom. The summed E-state index contributed by atoms with van der Waals surface area (Å²) in [4.78, 5) is 13.6. The Labute approximate surface area is 195 Å². The van der Waals surface area contributed by atoms with Crippen molar-refractivity contribution in [2.75, 3.05) is 26.9 Å². The van der Waals surface area contributed by atoms with Crippen LogP contribution in [0.5, 0.6) is 11.6 Å². The number of halogens is 1. The van der Waals surface area contributed by atoms with Gasteiger partial charge >= 0.3 is 0 Å². The molecule has 0 fully saturated rings. The van der Waals surface area contributed by atoms with Crippen LogP contribution in [0.4, 0.5) is 4.39 Å². The highest BCUT2D eigenvalue weighted by atomic mass is 32.1. The van der Waals surface area contributed by atoms with Gasteiger partial charge in [-0.05, 0) is 30.5 Å². The summed E-state index contributed by atoms with van der Waals surface area (Å²) < 4.78 is 31.5. The summed E-state index contributed by atoms with van der Waals surface area (Å²) in [5.74, 6) is 0.341. The number of fused-ring (bicyclic) bond motifs is 2. The van der Waals surface area contributed by atoms with E-state index < -0.39 is 11.9 Å². The van der Waals surface area contributed by atoms with E-state index in [2.05, 4.69) is 15.0 Å². The third-order valence-corrected chi connectivity index (χ3v) is 5.89. The monoisotopic (exact) mass is 471 g/mol. The standard InChI is InChI=1S/C24H26FN3O4S/c1-13(2)10-31-11-15(29)12-32-20-8-21-18(7-17(20)25)28-24(33-21)16-5-14(3)6-19-23(16)26-9-22(27-19)30-4/h5-9,13,15,29H,10-12H2,1-4H3. The Kier molecular flexibility index (Phi) is 7.02. The number of aliphatic hydroxyl groups is 1. The normalized spacial score (nSPS) is 12.6. The summed E-state index contributed by atoms with van der Waals surface area (Å²) >= 11 is 1.41. The minimum Gasteiger partial charge on any atom is -0.488 e. The Morgan fingerprint density at radius 3 is 2.64 bits per heavy atom. The average Bonchev–Trinajstić information content (AvgIpc) is 3.18. The van der Waals surface area contributed by atoms with E-state index >= 15 is 0 Å². The number of ether oxygens (including phenoxy) is 3. The van der Waals surface area contributed by atoms with Crippen LogP contribution in [0.1, 0.15) is 19.4 Å². The SMILES string of the molecule is COc1cnc2c(-c3nc4cc(F)c(OCC(O)COCC(C)C)cc4s3)cc(C)cc2n1. The molecule has 2 aromatic heterocycles. The second-order valence-corrected chi connectivity index (χ2v) is 9.29. The van der Waals surface area contributed by atoms with Crippen LogP contribution in [0.3, 0.4) is 0 Å². The van der Waals surface area contributed by atoms with E-state index in [4.69, 9.17) is 14.2 Å². The first-order chi connectivity index (χ1) is 15.8. The van der Waals surface area contributed by atoms with Gasteiger partial charge in [-0.15, -0.1) is 11.3 Å². The lowest BCUT2D eigenvalue weighted by Crippen LogP contribution is -2.24. The van der Waals surface area contributed by atoms with Crippen molar-refractivity contribution >= 4 is 32.6 Å². The van der Waals surface area contributed by atoms with Gasteiger partial charge in [-0.3, -0.25) is 0 Å². The van der Waals surface area contributed by atoms with Crippen molar-refractivity contribution in [1.82, 2.24) is 15.0 Å². The first kappa shape index (κ1) is 23.3. The molecule has 2 aromatic carbocycles. The Balaban J connectivity index is 1.59. The van der Waals surface area contributed by atoms with Crippen molar-refractivity contribution in [2.45, 2.75) is 26.9 Å². The Hall–Kier alpha value is -2.88. The molecule has 1 unspecified atom stereocenters. The third kappa shape index (κ3) is 5.38. The minimum atomic E-state index is -0.843. The highest BCUT2D eigenvalue weighted by Crippen LogP contribution is 2.37. The van der Waals surface area contributed by atoms with Crippen molar-refractivity contribution in [3.8, 4) is 22.2 Å². The molecule has 4 aromatic rings. The number of benzene rings is 2. The van der Waals surface area contributed by atoms with Crippen molar-refractivity contribution in [3.05, 3.63) is 41.8 Å². The lowest BCUT2D eigenvalue weighted by atomic mass is 10.1. The Bertz CT molecular complexity index is 1280. The van der Waals surface area contributed by atoms with Crippen LogP contribution in [0.25, 0.3) is 31.8 Å². The number of hydrogen-bond acceptors (Lipinski definition) is 8. The van der Waals surface area contributed by atoms with Crippen molar-refractivity contribution in [3.63, 3.8) is 0 Å². The quantitative estimate of drug-likeness (QED) is 0.376. The highest BCUT2D eigenvalue weighted by molar-refractivity contribution is 7.21. The van der Waals surface area contributed by atoms with Crippen molar-refractivity contribution < 1.29 is 23.7 Å². The van der Waals surface area contributed by atoms with E-state index in [9.17, 15) is 9.50 Å². The van der Waals surface area contributed by atoms with Gasteiger partial charge in [0.15, 0.2) is 11.6 Å². The maximum atomic E-state index is 14.6. The van der Waals surface area contributed by atoms with E-state index in [1.165, 1.54) is 17.4 Å². The Morgan fingerprint density at radius 1 is 1.06 bits per heavy atom. The van der Waals surface area contributed by atoms with Gasteiger partial charge in [0, 0.05) is 24.3 Å². The van der Waals surface area contributed by atoms with Gasteiger partial charge in [0.1, 0.15) is 17.7 Å². The molecule has 1 atom stereocenters. The first-order valence-corrected chi connectivity index (χ1v) is 11.5. The van der Waals surface area contributed by atoms with E-state index in [1.807, 2.05) is 32.9 Å². The molecule has 0 aliphatic rings. The maximum absolute atomic E-state index is 14.6. The van der Waals surface area contributed by atoms with Gasteiger partial charge in [0.25, 0.3) is 0 Å². The van der Waals surface area contributed by atoms with Crippen molar-refractivity contribution in [1.29, 1.82) is 0 Å². The molecule has 174 valence electrons. The minimum absolute atomic E-state index is 0.0634. The predicted octanol–water partition coefficient (Wildman–Crippen LogP) is 4.77. The summed E-state index contributed by atoms with van der Waals surface area (Å²) in [7, 11) is 1.55. The van der Waals surface area contributed by atoms with Gasteiger partial charge in [0.2, 0.25) is 5.88 Å². The molecule has 4 rings (SSSR count). The summed E-state index contributed by atoms with van der Waals surface area (Å²) in [6.45, 7) is 6.65. The molecule has 0 saturated carbocycles. The van der Waals surface area contributed by atoms with E-state index in [-0.39, 0.29) is 19.0 Å². The first-order valence-electron chi connectivity index (χ1n) is 10.6. The van der Waals surface area contributed by atoms with Crippen LogP contribution < -0.4 is 9.47 Å². The molecular formula is C24H26FN3O4S. The maximum Gasteiger partial charge on any atom is 0.232 e. The number of nitrogens with zero attached hydrogens (tertiary/aromatic N) is 3. The number of hydrogen-bond donors (Lipinski definition) is 1. The molecule has 0 amide bonds. The molecule has 9 heteroatoms. The fourth-order valence-electron chi connectivity index (χ4n) is 3.34. The second-order valence-electron chi connectivity index (χ2n) is 8.26. The summed E-state index contributed by atoms with van der Waals surface area (Å²) in [5, 5.41) is 10.7. The van der Waals surface area contributed by atoms with Crippen LogP contribution in [0.15, 0.2) is 30.5 Å². The number of methoxy groups -OCH3 is 1. The highest BCUT2D eigenvalue weighted by Gasteiger charge is 2.16. The molecule has 0 bridgehead atoms. The lowest BCUT2D eigenvalue weighted by molar-refractivity contribution is 0.00335. The van der Waals surface area contributed by atoms with Gasteiger partial charge in [-0.1, -0.05) is 13.8 Å². The molecule has 7 nitrogen and oxygen atoms in total. The largest absolute Gasteiger partial charge is 0.488 e. The number of aromatic nitrogens is 3. The van der Waals surface area contributed by atoms with Gasteiger partial charge < -0.3 is 19.3 Å². The molecule has 0 spiro atoms. The van der Waals surface area contributed by atoms with Crippen LogP contribution in [0, 0.1) is 18.7 Å². The fourth-order valence-corrected chi connectivity index (χ4v) is 4.33. The molecule has 0 aliphatic heterocycles. The fraction of sp³-hybridized carbons (Fsp3) is 0.375. The number of aliphatic hydroxyl groups excluding tert-OH is 1. The summed E-state index contributed by atoms with van der Waals surface area (Å²) in [6.07, 6.45) is 0.723. The van der Waals surface area contributed by atoms with Gasteiger partial charge in [-0.2, -0.15) is 0 Å². The molecule has 0 radical (unpaired) electrons. The molecule has 0 aliphatic carbocycles. The van der Waals surface area contributed by atoms with Gasteiger partial charge in [0.05, 0.1) is 41.2 Å². The zero-order valence-corrected chi connectivity index (χ0v) is 19.8. The van der Waals surface area contributed by atoms with E-state index in [0.29, 0.717) is 40.0 Å². The number of thiazole rings is 1. The summed E-state index contributed by atoms with van der Waals surface area (Å²) in [5.41, 5.74) is 3.75. The molecule has 2 heterocycles. The zero-order chi connectivity index (χ0) is 23.5. The second kappa shape index (κ2) is 9.94. The van der Waals surface area contributed by atoms with Crippen LogP contribution in [0.2, 0.25) is 0 Å². The van der Waals surface area contributed by atoms with Crippen LogP contribution in [-0.4, -0.2) is 53.1 Å². The van der Waals surface area contributed by atoms with Crippen LogP contribution >= 0.6 is 11.3 Å². The molecular weight excluding hydrogens is 445 g/mol. The molecule has 1 N–H and O–H groups in total. The zero-order valence-electron chi connectivity index (χ0n) is 19.0. The smallest absolute Gasteiger partial charge is 0.232 e. The molecule has 0 saturated heterocycles. The number of rotatable bonds is 9. The van der Waals surface area contributed by atoms with Crippen molar-refractivity contribution in [2.24, 2.45) is 5.92 Å².